The number of hydrogen-bond acceptors (Lipinski definition) is 3. The highest BCUT2D eigenvalue weighted by Gasteiger charge is 2.05. The number of aldehydes is 1. The summed E-state index contributed by atoms with van der Waals surface area (Å²) in [7, 11) is 0. The number of halogens is 2. The van der Waals surface area contributed by atoms with Crippen LogP contribution in [0.4, 0.5) is 0 Å². The maximum atomic E-state index is 11.0. The predicted molar refractivity (Wildman–Crippen MR) is 88.8 cm³/mol. The van der Waals surface area contributed by atoms with Gasteiger partial charge in [-0.15, -0.1) is 0 Å². The molecular formula is C17H16Cl2O3. The van der Waals surface area contributed by atoms with E-state index in [2.05, 4.69) is 0 Å². The van der Waals surface area contributed by atoms with Crippen molar-refractivity contribution in [1.82, 2.24) is 0 Å². The van der Waals surface area contributed by atoms with Gasteiger partial charge in [-0.05, 0) is 55.3 Å². The van der Waals surface area contributed by atoms with Crippen LogP contribution in [0.2, 0.25) is 10.0 Å². The number of ether oxygens (including phenoxy) is 2. The van der Waals surface area contributed by atoms with Crippen molar-refractivity contribution < 1.29 is 14.3 Å². The van der Waals surface area contributed by atoms with Gasteiger partial charge in [0, 0.05) is 10.0 Å². The van der Waals surface area contributed by atoms with Crippen LogP contribution in [0.25, 0.3) is 0 Å². The van der Waals surface area contributed by atoms with Crippen molar-refractivity contribution in [2.75, 3.05) is 13.2 Å². The lowest BCUT2D eigenvalue weighted by Gasteiger charge is -2.12. The Kier molecular flexibility index (Phi) is 5.69. The summed E-state index contributed by atoms with van der Waals surface area (Å²) in [5.74, 6) is 1.24. The van der Waals surface area contributed by atoms with E-state index in [0.717, 1.165) is 21.9 Å². The van der Waals surface area contributed by atoms with Gasteiger partial charge < -0.3 is 9.47 Å². The minimum Gasteiger partial charge on any atom is -0.490 e. The van der Waals surface area contributed by atoms with Gasteiger partial charge in [-0.1, -0.05) is 23.2 Å². The van der Waals surface area contributed by atoms with Crippen molar-refractivity contribution in [3.63, 3.8) is 0 Å². The second-order valence-electron chi connectivity index (χ2n) is 4.87. The lowest BCUT2D eigenvalue weighted by Crippen LogP contribution is -2.10. The molecule has 0 saturated carbocycles. The van der Waals surface area contributed by atoms with E-state index in [-0.39, 0.29) is 0 Å². The van der Waals surface area contributed by atoms with Crippen LogP contribution in [0.1, 0.15) is 21.5 Å². The fourth-order valence-electron chi connectivity index (χ4n) is 2.04. The molecule has 0 fully saturated rings. The van der Waals surface area contributed by atoms with E-state index in [0.29, 0.717) is 35.8 Å². The molecule has 0 N–H and O–H groups in total. The average molecular weight is 339 g/mol. The lowest BCUT2D eigenvalue weighted by molar-refractivity contribution is 0.111. The van der Waals surface area contributed by atoms with Crippen LogP contribution < -0.4 is 9.47 Å². The van der Waals surface area contributed by atoms with Gasteiger partial charge in [0.05, 0.1) is 5.56 Å². The molecule has 0 atom stereocenters. The standard InChI is InChI=1S/C17H16Cl2O3/c1-11-7-15(8-12(2)17(11)19)21-5-6-22-16-4-3-14(18)9-13(16)10-20/h3-4,7-10H,5-6H2,1-2H3. The first-order chi connectivity index (χ1) is 10.5. The lowest BCUT2D eigenvalue weighted by atomic mass is 10.1. The van der Waals surface area contributed by atoms with E-state index in [1.165, 1.54) is 0 Å². The number of rotatable bonds is 6. The summed E-state index contributed by atoms with van der Waals surface area (Å²) in [4.78, 5) is 11.0. The Morgan fingerprint density at radius 3 is 2.27 bits per heavy atom. The third-order valence-electron chi connectivity index (χ3n) is 3.12. The Labute approximate surface area is 139 Å². The molecule has 0 amide bonds. The zero-order chi connectivity index (χ0) is 16.1. The zero-order valence-corrected chi connectivity index (χ0v) is 13.9. The van der Waals surface area contributed by atoms with Crippen molar-refractivity contribution >= 4 is 29.5 Å². The second-order valence-corrected chi connectivity index (χ2v) is 5.68. The minimum atomic E-state index is 0.323. The van der Waals surface area contributed by atoms with Crippen molar-refractivity contribution in [2.45, 2.75) is 13.8 Å². The maximum absolute atomic E-state index is 11.0. The van der Waals surface area contributed by atoms with Crippen LogP contribution in [-0.2, 0) is 0 Å². The maximum Gasteiger partial charge on any atom is 0.153 e. The fraction of sp³-hybridized carbons (Fsp3) is 0.235. The minimum absolute atomic E-state index is 0.323. The number of carbonyl (C=O) groups is 1. The zero-order valence-electron chi connectivity index (χ0n) is 12.4. The van der Waals surface area contributed by atoms with E-state index >= 15 is 0 Å². The van der Waals surface area contributed by atoms with Gasteiger partial charge in [0.25, 0.3) is 0 Å². The topological polar surface area (TPSA) is 35.5 Å². The van der Waals surface area contributed by atoms with Crippen LogP contribution in [0, 0.1) is 13.8 Å². The van der Waals surface area contributed by atoms with E-state index in [9.17, 15) is 4.79 Å². The predicted octanol–water partition coefficient (Wildman–Crippen LogP) is 4.88. The number of carbonyl (C=O) groups excluding carboxylic acids is 1. The van der Waals surface area contributed by atoms with Crippen LogP contribution in [0.15, 0.2) is 30.3 Å². The highest BCUT2D eigenvalue weighted by atomic mass is 35.5. The fourth-order valence-corrected chi connectivity index (χ4v) is 2.33. The highest BCUT2D eigenvalue weighted by Crippen LogP contribution is 2.26. The van der Waals surface area contributed by atoms with E-state index in [1.54, 1.807) is 18.2 Å². The number of aryl methyl sites for hydroxylation is 2. The molecule has 2 rings (SSSR count). The first-order valence-corrected chi connectivity index (χ1v) is 7.54. The molecule has 0 aliphatic rings. The molecule has 0 aromatic heterocycles. The van der Waals surface area contributed by atoms with Gasteiger partial charge in [0.2, 0.25) is 0 Å². The molecule has 116 valence electrons. The molecule has 2 aromatic rings. The molecule has 0 spiro atoms. The molecule has 5 heteroatoms. The largest absolute Gasteiger partial charge is 0.490 e. The van der Waals surface area contributed by atoms with Crippen LogP contribution in [0.3, 0.4) is 0 Å². The second kappa shape index (κ2) is 7.52. The first-order valence-electron chi connectivity index (χ1n) is 6.78. The summed E-state index contributed by atoms with van der Waals surface area (Å²) >= 11 is 11.9. The average Bonchev–Trinajstić information content (AvgIpc) is 2.50. The molecule has 0 aliphatic heterocycles. The summed E-state index contributed by atoms with van der Waals surface area (Å²) < 4.78 is 11.2. The van der Waals surface area contributed by atoms with Crippen molar-refractivity contribution in [3.8, 4) is 11.5 Å². The monoisotopic (exact) mass is 338 g/mol. The van der Waals surface area contributed by atoms with Gasteiger partial charge >= 0.3 is 0 Å². The van der Waals surface area contributed by atoms with Crippen LogP contribution in [0.5, 0.6) is 11.5 Å². The molecule has 0 saturated heterocycles. The summed E-state index contributed by atoms with van der Waals surface area (Å²) in [5.41, 5.74) is 2.36. The van der Waals surface area contributed by atoms with Gasteiger partial charge in [0.15, 0.2) is 6.29 Å². The molecule has 2 aromatic carbocycles. The first kappa shape index (κ1) is 16.7. The SMILES string of the molecule is Cc1cc(OCCOc2ccc(Cl)cc2C=O)cc(C)c1Cl. The van der Waals surface area contributed by atoms with Gasteiger partial charge in [0.1, 0.15) is 24.7 Å². The van der Waals surface area contributed by atoms with Crippen LogP contribution in [-0.4, -0.2) is 19.5 Å². The van der Waals surface area contributed by atoms with Gasteiger partial charge in [-0.2, -0.15) is 0 Å². The summed E-state index contributed by atoms with van der Waals surface area (Å²) in [6.07, 6.45) is 0.716. The molecule has 3 nitrogen and oxygen atoms in total. The van der Waals surface area contributed by atoms with E-state index in [4.69, 9.17) is 32.7 Å². The molecule has 0 radical (unpaired) electrons. The smallest absolute Gasteiger partial charge is 0.153 e. The molecule has 0 unspecified atom stereocenters. The van der Waals surface area contributed by atoms with E-state index in [1.807, 2.05) is 26.0 Å². The summed E-state index contributed by atoms with van der Waals surface area (Å²) in [6.45, 7) is 4.55. The third kappa shape index (κ3) is 4.15. The summed E-state index contributed by atoms with van der Waals surface area (Å²) in [5, 5.41) is 1.25. The molecular weight excluding hydrogens is 323 g/mol. The molecule has 22 heavy (non-hydrogen) atoms. The quantitative estimate of drug-likeness (QED) is 0.556. The Morgan fingerprint density at radius 1 is 1.00 bits per heavy atom. The highest BCUT2D eigenvalue weighted by molar-refractivity contribution is 6.32. The van der Waals surface area contributed by atoms with Crippen molar-refractivity contribution in [3.05, 3.63) is 57.1 Å². The van der Waals surface area contributed by atoms with Crippen molar-refractivity contribution in [1.29, 1.82) is 0 Å². The number of benzene rings is 2. The normalized spacial score (nSPS) is 10.4. The molecule has 0 aliphatic carbocycles. The van der Waals surface area contributed by atoms with Gasteiger partial charge in [-0.25, -0.2) is 0 Å². The molecule has 0 bridgehead atoms. The van der Waals surface area contributed by atoms with Crippen LogP contribution >= 0.6 is 23.2 Å². The number of hydrogen-bond donors (Lipinski definition) is 0. The third-order valence-corrected chi connectivity index (χ3v) is 3.95. The Bertz CT molecular complexity index is 661. The van der Waals surface area contributed by atoms with E-state index < -0.39 is 0 Å². The Balaban J connectivity index is 1.91. The molecule has 0 heterocycles. The Morgan fingerprint density at radius 2 is 1.64 bits per heavy atom. The van der Waals surface area contributed by atoms with Crippen molar-refractivity contribution in [2.24, 2.45) is 0 Å². The summed E-state index contributed by atoms with van der Waals surface area (Å²) in [6, 6.07) is 8.68. The van der Waals surface area contributed by atoms with Gasteiger partial charge in [-0.3, -0.25) is 4.79 Å². The Hall–Kier alpha value is -1.71.